The Balaban J connectivity index is 2.39. The number of rotatable bonds is 9. The maximum atomic E-state index is 13.2. The number of hydrogen-bond acceptors (Lipinski definition) is 4. The van der Waals surface area contributed by atoms with Crippen LogP contribution in [0.5, 0.6) is 5.75 Å². The first-order valence-electron chi connectivity index (χ1n) is 9.72. The molecule has 0 spiro atoms. The highest BCUT2D eigenvalue weighted by Gasteiger charge is 2.32. The molecule has 0 saturated heterocycles. The lowest BCUT2D eigenvalue weighted by molar-refractivity contribution is -0.122. The van der Waals surface area contributed by atoms with Crippen LogP contribution in [-0.4, -0.2) is 33.7 Å². The van der Waals surface area contributed by atoms with E-state index in [1.807, 2.05) is 30.3 Å². The standard InChI is InChI=1S/C22H29ClN2O4S/c1-15(2)13-19(17-9-7-6-8-10-17)24-22(26)16(3)25(30(5,27)28)20-14-18(23)11-12-21(20)29-4/h6-12,14-16,19H,13H2,1-5H3,(H,24,26)/t16-,19-/m0/s1. The lowest BCUT2D eigenvalue weighted by Gasteiger charge is -2.31. The van der Waals surface area contributed by atoms with Crippen LogP contribution in [0.4, 0.5) is 5.69 Å². The normalized spacial score (nSPS) is 13.6. The molecule has 2 rings (SSSR count). The van der Waals surface area contributed by atoms with E-state index in [4.69, 9.17) is 16.3 Å². The fourth-order valence-corrected chi connectivity index (χ4v) is 4.68. The number of nitrogens with zero attached hydrogens (tertiary/aromatic N) is 1. The third-order valence-corrected chi connectivity index (χ3v) is 6.15. The second kappa shape index (κ2) is 10.2. The number of halogens is 1. The van der Waals surface area contributed by atoms with Gasteiger partial charge in [0.1, 0.15) is 11.8 Å². The quantitative estimate of drug-likeness (QED) is 0.611. The maximum absolute atomic E-state index is 13.2. The van der Waals surface area contributed by atoms with Crippen LogP contribution in [0.25, 0.3) is 0 Å². The fourth-order valence-electron chi connectivity index (χ4n) is 3.34. The molecule has 0 aliphatic carbocycles. The Kier molecular flexibility index (Phi) is 8.15. The molecule has 0 heterocycles. The molecule has 0 bridgehead atoms. The summed E-state index contributed by atoms with van der Waals surface area (Å²) in [4.78, 5) is 13.2. The summed E-state index contributed by atoms with van der Waals surface area (Å²) in [5, 5.41) is 3.36. The molecular formula is C22H29ClN2O4S. The summed E-state index contributed by atoms with van der Waals surface area (Å²) in [5.74, 6) is 0.244. The van der Waals surface area contributed by atoms with Gasteiger partial charge in [-0.15, -0.1) is 0 Å². The Morgan fingerprint density at radius 1 is 1.13 bits per heavy atom. The monoisotopic (exact) mass is 452 g/mol. The van der Waals surface area contributed by atoms with Crippen molar-refractivity contribution in [1.82, 2.24) is 5.32 Å². The number of methoxy groups -OCH3 is 1. The van der Waals surface area contributed by atoms with E-state index in [-0.39, 0.29) is 11.7 Å². The van der Waals surface area contributed by atoms with Crippen LogP contribution in [0, 0.1) is 5.92 Å². The van der Waals surface area contributed by atoms with Gasteiger partial charge >= 0.3 is 0 Å². The predicted molar refractivity (Wildman–Crippen MR) is 122 cm³/mol. The summed E-state index contributed by atoms with van der Waals surface area (Å²) in [6, 6.07) is 13.1. The van der Waals surface area contributed by atoms with Crippen molar-refractivity contribution in [3.8, 4) is 5.75 Å². The molecule has 2 aromatic carbocycles. The second-order valence-electron chi connectivity index (χ2n) is 7.65. The van der Waals surface area contributed by atoms with Crippen molar-refractivity contribution < 1.29 is 17.9 Å². The molecule has 30 heavy (non-hydrogen) atoms. The van der Waals surface area contributed by atoms with Crippen LogP contribution < -0.4 is 14.4 Å². The molecule has 0 aromatic heterocycles. The van der Waals surface area contributed by atoms with Gasteiger partial charge in [0.15, 0.2) is 0 Å². The molecule has 6 nitrogen and oxygen atoms in total. The van der Waals surface area contributed by atoms with Crippen molar-refractivity contribution in [3.05, 3.63) is 59.1 Å². The van der Waals surface area contributed by atoms with E-state index in [0.717, 1.165) is 22.5 Å². The number of carbonyl (C=O) groups excluding carboxylic acids is 1. The van der Waals surface area contributed by atoms with Gasteiger partial charge in [0.25, 0.3) is 0 Å². The second-order valence-corrected chi connectivity index (χ2v) is 9.95. The average Bonchev–Trinajstić information content (AvgIpc) is 2.67. The molecule has 0 aliphatic heterocycles. The Labute approximate surface area is 184 Å². The van der Waals surface area contributed by atoms with E-state index >= 15 is 0 Å². The lowest BCUT2D eigenvalue weighted by atomic mass is 9.96. The van der Waals surface area contributed by atoms with Gasteiger partial charge in [0, 0.05) is 5.02 Å². The number of ether oxygens (including phenoxy) is 1. The Morgan fingerprint density at radius 2 is 1.77 bits per heavy atom. The van der Waals surface area contributed by atoms with E-state index in [2.05, 4.69) is 19.2 Å². The highest BCUT2D eigenvalue weighted by atomic mass is 35.5. The van der Waals surface area contributed by atoms with E-state index in [1.54, 1.807) is 19.1 Å². The lowest BCUT2D eigenvalue weighted by Crippen LogP contribution is -2.48. The summed E-state index contributed by atoms with van der Waals surface area (Å²) in [7, 11) is -2.36. The zero-order valence-corrected chi connectivity index (χ0v) is 19.5. The minimum atomic E-state index is -3.80. The van der Waals surface area contributed by atoms with Crippen molar-refractivity contribution in [2.24, 2.45) is 5.92 Å². The summed E-state index contributed by atoms with van der Waals surface area (Å²) in [6.45, 7) is 5.70. The fraction of sp³-hybridized carbons (Fsp3) is 0.409. The Bertz CT molecular complexity index is 964. The number of hydrogen-bond donors (Lipinski definition) is 1. The molecule has 1 N–H and O–H groups in total. The summed E-state index contributed by atoms with van der Waals surface area (Å²) < 4.78 is 31.6. The third-order valence-electron chi connectivity index (χ3n) is 4.69. The van der Waals surface area contributed by atoms with Crippen molar-refractivity contribution in [1.29, 1.82) is 0 Å². The molecule has 8 heteroatoms. The number of nitrogens with one attached hydrogen (secondary N) is 1. The van der Waals surface area contributed by atoms with Crippen LogP contribution in [0.3, 0.4) is 0 Å². The van der Waals surface area contributed by atoms with Crippen LogP contribution in [0.2, 0.25) is 5.02 Å². The molecule has 0 aliphatic rings. The van der Waals surface area contributed by atoms with Crippen LogP contribution in [-0.2, 0) is 14.8 Å². The van der Waals surface area contributed by atoms with Gasteiger partial charge in [-0.1, -0.05) is 55.8 Å². The zero-order chi connectivity index (χ0) is 22.5. The number of anilines is 1. The molecule has 0 unspecified atom stereocenters. The third kappa shape index (κ3) is 6.12. The van der Waals surface area contributed by atoms with Gasteiger partial charge in [-0.25, -0.2) is 8.42 Å². The summed E-state index contributed by atoms with van der Waals surface area (Å²) in [6.07, 6.45) is 1.78. The number of sulfonamides is 1. The molecule has 2 aromatic rings. The van der Waals surface area contributed by atoms with Gasteiger partial charge in [-0.3, -0.25) is 9.10 Å². The number of carbonyl (C=O) groups is 1. The van der Waals surface area contributed by atoms with Crippen molar-refractivity contribution in [2.45, 2.75) is 39.3 Å². The first kappa shape index (κ1) is 24.0. The van der Waals surface area contributed by atoms with Crippen molar-refractivity contribution in [2.75, 3.05) is 17.7 Å². The number of amides is 1. The van der Waals surface area contributed by atoms with Crippen LogP contribution >= 0.6 is 11.6 Å². The van der Waals surface area contributed by atoms with E-state index < -0.39 is 22.0 Å². The van der Waals surface area contributed by atoms with E-state index in [1.165, 1.54) is 13.2 Å². The van der Waals surface area contributed by atoms with Crippen molar-refractivity contribution >= 4 is 33.2 Å². The molecule has 1 amide bonds. The van der Waals surface area contributed by atoms with Gasteiger partial charge in [-0.05, 0) is 43.0 Å². The van der Waals surface area contributed by atoms with Crippen molar-refractivity contribution in [3.63, 3.8) is 0 Å². The predicted octanol–water partition coefficient (Wildman–Crippen LogP) is 4.41. The van der Waals surface area contributed by atoms with Gasteiger partial charge in [-0.2, -0.15) is 0 Å². The number of benzene rings is 2. The minimum absolute atomic E-state index is 0.218. The van der Waals surface area contributed by atoms with Crippen LogP contribution in [0.1, 0.15) is 38.8 Å². The Morgan fingerprint density at radius 3 is 2.30 bits per heavy atom. The maximum Gasteiger partial charge on any atom is 0.244 e. The first-order valence-corrected chi connectivity index (χ1v) is 12.0. The molecule has 0 fully saturated rings. The molecular weight excluding hydrogens is 424 g/mol. The highest BCUT2D eigenvalue weighted by Crippen LogP contribution is 2.34. The molecule has 0 radical (unpaired) electrons. The van der Waals surface area contributed by atoms with E-state index in [0.29, 0.717) is 16.7 Å². The molecule has 164 valence electrons. The highest BCUT2D eigenvalue weighted by molar-refractivity contribution is 7.92. The Hall–Kier alpha value is -2.25. The molecule has 2 atom stereocenters. The first-order chi connectivity index (χ1) is 14.0. The zero-order valence-electron chi connectivity index (χ0n) is 17.9. The summed E-state index contributed by atoms with van der Waals surface area (Å²) in [5.41, 5.74) is 1.19. The van der Waals surface area contributed by atoms with Gasteiger partial charge in [0.2, 0.25) is 15.9 Å². The van der Waals surface area contributed by atoms with Gasteiger partial charge < -0.3 is 10.1 Å². The van der Waals surface area contributed by atoms with Gasteiger partial charge in [0.05, 0.1) is 25.1 Å². The smallest absolute Gasteiger partial charge is 0.244 e. The largest absolute Gasteiger partial charge is 0.495 e. The molecule has 0 saturated carbocycles. The summed E-state index contributed by atoms with van der Waals surface area (Å²) >= 11 is 6.10. The van der Waals surface area contributed by atoms with E-state index in [9.17, 15) is 13.2 Å². The van der Waals surface area contributed by atoms with Crippen LogP contribution in [0.15, 0.2) is 48.5 Å². The SMILES string of the molecule is COc1ccc(Cl)cc1N([C@@H](C)C(=O)N[C@@H](CC(C)C)c1ccccc1)S(C)(=O)=O. The topological polar surface area (TPSA) is 75.7 Å². The minimum Gasteiger partial charge on any atom is -0.495 e. The average molecular weight is 453 g/mol.